The number of unbranched alkanes of at least 4 members (excludes halogenated alkanes) is 1. The van der Waals surface area contributed by atoms with Gasteiger partial charge in [0, 0.05) is 32.4 Å². The van der Waals surface area contributed by atoms with Crippen LogP contribution in [0.3, 0.4) is 0 Å². The number of benzene rings is 1. The minimum atomic E-state index is -0.156. The molecule has 0 saturated carbocycles. The molecule has 2 aromatic rings. The number of nitrogens with one attached hydrogen (secondary N) is 3. The lowest BCUT2D eigenvalue weighted by atomic mass is 10.1. The standard InChI is InChI=1S/C20H28FN5.HI/c1-2-22-20(26-16-12-17-9-3-4-10-18(17)21)25-15-8-7-14-24-19-11-5-6-13-23-19;/h3-6,9-11,13H,2,7-8,12,14-16H2,1H3,(H,23,24)(H2,22,25,26);1H. The zero-order valence-corrected chi connectivity index (χ0v) is 18.1. The van der Waals surface area contributed by atoms with E-state index in [4.69, 9.17) is 0 Å². The number of aromatic nitrogens is 1. The maximum atomic E-state index is 13.6. The van der Waals surface area contributed by atoms with E-state index >= 15 is 0 Å². The third-order valence-electron chi connectivity index (χ3n) is 3.81. The first-order chi connectivity index (χ1) is 12.8. The van der Waals surface area contributed by atoms with E-state index in [1.54, 1.807) is 12.3 Å². The van der Waals surface area contributed by atoms with Crippen LogP contribution in [0.5, 0.6) is 0 Å². The minimum Gasteiger partial charge on any atom is -0.370 e. The summed E-state index contributed by atoms with van der Waals surface area (Å²) in [5, 5.41) is 9.77. The first kappa shape index (κ1) is 23.1. The summed E-state index contributed by atoms with van der Waals surface area (Å²) in [7, 11) is 0. The Morgan fingerprint density at radius 1 is 1.04 bits per heavy atom. The van der Waals surface area contributed by atoms with Gasteiger partial charge in [0.05, 0.1) is 0 Å². The highest BCUT2D eigenvalue weighted by molar-refractivity contribution is 14.0. The van der Waals surface area contributed by atoms with Gasteiger partial charge in [-0.1, -0.05) is 24.3 Å². The van der Waals surface area contributed by atoms with Gasteiger partial charge in [0.1, 0.15) is 11.6 Å². The Kier molecular flexibility index (Phi) is 12.2. The maximum Gasteiger partial charge on any atom is 0.191 e. The second-order valence-corrected chi connectivity index (χ2v) is 5.88. The molecule has 0 spiro atoms. The van der Waals surface area contributed by atoms with E-state index in [0.29, 0.717) is 13.0 Å². The Morgan fingerprint density at radius 3 is 2.59 bits per heavy atom. The van der Waals surface area contributed by atoms with Gasteiger partial charge in [-0.25, -0.2) is 9.37 Å². The van der Waals surface area contributed by atoms with Crippen molar-refractivity contribution < 1.29 is 4.39 Å². The van der Waals surface area contributed by atoms with Crippen LogP contribution in [0.4, 0.5) is 10.2 Å². The van der Waals surface area contributed by atoms with Crippen LogP contribution in [-0.2, 0) is 6.42 Å². The average molecular weight is 485 g/mol. The summed E-state index contributed by atoms with van der Waals surface area (Å²) in [6.45, 7) is 5.11. The summed E-state index contributed by atoms with van der Waals surface area (Å²) < 4.78 is 13.6. The van der Waals surface area contributed by atoms with Gasteiger partial charge in [-0.2, -0.15) is 0 Å². The molecule has 1 aromatic carbocycles. The number of anilines is 1. The molecule has 5 nitrogen and oxygen atoms in total. The lowest BCUT2D eigenvalue weighted by molar-refractivity contribution is 0.606. The molecule has 2 rings (SSSR count). The summed E-state index contributed by atoms with van der Waals surface area (Å²) >= 11 is 0. The molecule has 0 unspecified atom stereocenters. The van der Waals surface area contributed by atoms with Gasteiger partial charge in [-0.05, 0) is 49.9 Å². The van der Waals surface area contributed by atoms with E-state index in [-0.39, 0.29) is 29.8 Å². The summed E-state index contributed by atoms with van der Waals surface area (Å²) in [6, 6.07) is 12.7. The SMILES string of the molecule is CCNC(=NCCCCNc1ccccn1)NCCc1ccccc1F.I. The minimum absolute atomic E-state index is 0. The Labute approximate surface area is 178 Å². The molecule has 0 aliphatic heterocycles. The average Bonchev–Trinajstić information content (AvgIpc) is 2.67. The van der Waals surface area contributed by atoms with Crippen molar-refractivity contribution in [3.8, 4) is 0 Å². The zero-order valence-electron chi connectivity index (χ0n) is 15.7. The molecule has 148 valence electrons. The fourth-order valence-corrected chi connectivity index (χ4v) is 2.47. The van der Waals surface area contributed by atoms with Gasteiger partial charge >= 0.3 is 0 Å². The van der Waals surface area contributed by atoms with Crippen LogP contribution < -0.4 is 16.0 Å². The smallest absolute Gasteiger partial charge is 0.191 e. The molecule has 1 heterocycles. The van der Waals surface area contributed by atoms with Crippen molar-refractivity contribution in [2.24, 2.45) is 4.99 Å². The molecule has 0 bridgehead atoms. The van der Waals surface area contributed by atoms with Crippen LogP contribution in [0.1, 0.15) is 25.3 Å². The van der Waals surface area contributed by atoms with Crippen LogP contribution in [-0.4, -0.2) is 37.1 Å². The third-order valence-corrected chi connectivity index (χ3v) is 3.81. The topological polar surface area (TPSA) is 61.3 Å². The lowest BCUT2D eigenvalue weighted by Crippen LogP contribution is -2.38. The van der Waals surface area contributed by atoms with Crippen LogP contribution in [0.25, 0.3) is 0 Å². The van der Waals surface area contributed by atoms with Gasteiger partial charge in [-0.3, -0.25) is 4.99 Å². The second-order valence-electron chi connectivity index (χ2n) is 5.88. The molecule has 7 heteroatoms. The number of aliphatic imine (C=N–C) groups is 1. The number of guanidine groups is 1. The van der Waals surface area contributed by atoms with Gasteiger partial charge in [0.25, 0.3) is 0 Å². The Bertz CT molecular complexity index is 666. The molecule has 0 aliphatic carbocycles. The predicted octanol–water partition coefficient (Wildman–Crippen LogP) is 3.83. The van der Waals surface area contributed by atoms with E-state index < -0.39 is 0 Å². The molecule has 0 fully saturated rings. The van der Waals surface area contributed by atoms with E-state index in [1.165, 1.54) is 6.07 Å². The van der Waals surface area contributed by atoms with Crippen molar-refractivity contribution in [3.63, 3.8) is 0 Å². The summed E-state index contributed by atoms with van der Waals surface area (Å²) in [4.78, 5) is 8.80. The first-order valence-corrected chi connectivity index (χ1v) is 9.20. The van der Waals surface area contributed by atoms with Gasteiger partial charge in [-0.15, -0.1) is 24.0 Å². The monoisotopic (exact) mass is 485 g/mol. The first-order valence-electron chi connectivity index (χ1n) is 9.20. The molecule has 3 N–H and O–H groups in total. The molecule has 0 radical (unpaired) electrons. The molecule has 1 aromatic heterocycles. The Hall–Kier alpha value is -1.90. The van der Waals surface area contributed by atoms with Gasteiger partial charge < -0.3 is 16.0 Å². The summed E-state index contributed by atoms with van der Waals surface area (Å²) in [6.07, 6.45) is 4.42. The van der Waals surface area contributed by atoms with Crippen LogP contribution in [0.15, 0.2) is 53.7 Å². The van der Waals surface area contributed by atoms with Crippen molar-refractivity contribution in [2.45, 2.75) is 26.2 Å². The van der Waals surface area contributed by atoms with Crippen molar-refractivity contribution >= 4 is 35.8 Å². The molecule has 0 saturated heterocycles. The second kappa shape index (κ2) is 14.2. The molecular weight excluding hydrogens is 456 g/mol. The maximum absolute atomic E-state index is 13.6. The quantitative estimate of drug-likeness (QED) is 0.207. The molecule has 27 heavy (non-hydrogen) atoms. The van der Waals surface area contributed by atoms with E-state index in [2.05, 4.69) is 25.9 Å². The van der Waals surface area contributed by atoms with Crippen LogP contribution in [0.2, 0.25) is 0 Å². The van der Waals surface area contributed by atoms with Crippen LogP contribution >= 0.6 is 24.0 Å². The summed E-state index contributed by atoms with van der Waals surface area (Å²) in [5.41, 5.74) is 0.719. The third kappa shape index (κ3) is 9.55. The van der Waals surface area contributed by atoms with Crippen molar-refractivity contribution in [1.29, 1.82) is 0 Å². The van der Waals surface area contributed by atoms with Crippen molar-refractivity contribution in [3.05, 3.63) is 60.0 Å². The number of halogens is 2. The van der Waals surface area contributed by atoms with Crippen molar-refractivity contribution in [1.82, 2.24) is 15.6 Å². The van der Waals surface area contributed by atoms with E-state index in [9.17, 15) is 4.39 Å². The number of rotatable bonds is 10. The van der Waals surface area contributed by atoms with Gasteiger partial charge in [0.15, 0.2) is 5.96 Å². The highest BCUT2D eigenvalue weighted by Crippen LogP contribution is 2.06. The number of pyridine rings is 1. The largest absolute Gasteiger partial charge is 0.370 e. The van der Waals surface area contributed by atoms with E-state index in [0.717, 1.165) is 49.8 Å². The van der Waals surface area contributed by atoms with Gasteiger partial charge in [0.2, 0.25) is 0 Å². The predicted molar refractivity (Wildman–Crippen MR) is 121 cm³/mol. The molecule has 0 atom stereocenters. The highest BCUT2D eigenvalue weighted by atomic mass is 127. The fraction of sp³-hybridized carbons (Fsp3) is 0.400. The molecule has 0 amide bonds. The normalized spacial score (nSPS) is 10.8. The highest BCUT2D eigenvalue weighted by Gasteiger charge is 2.01. The van der Waals surface area contributed by atoms with Crippen molar-refractivity contribution in [2.75, 3.05) is 31.5 Å². The number of nitrogens with zero attached hydrogens (tertiary/aromatic N) is 2. The number of hydrogen-bond donors (Lipinski definition) is 3. The fourth-order valence-electron chi connectivity index (χ4n) is 2.47. The van der Waals surface area contributed by atoms with E-state index in [1.807, 2.05) is 37.3 Å². The zero-order chi connectivity index (χ0) is 18.5. The number of hydrogen-bond acceptors (Lipinski definition) is 3. The summed E-state index contributed by atoms with van der Waals surface area (Å²) in [5.74, 6) is 1.53. The lowest BCUT2D eigenvalue weighted by Gasteiger charge is -2.11. The molecular formula is C20H29FIN5. The molecule has 0 aliphatic rings. The van der Waals surface area contributed by atoms with Crippen LogP contribution in [0, 0.1) is 5.82 Å². The Balaban J connectivity index is 0.00000364. The Morgan fingerprint density at radius 2 is 1.85 bits per heavy atom.